The van der Waals surface area contributed by atoms with E-state index in [4.69, 9.17) is 9.47 Å². The summed E-state index contributed by atoms with van der Waals surface area (Å²) in [6.45, 7) is 4.64. The number of nitrogens with one attached hydrogen (secondary N) is 1. The van der Waals surface area contributed by atoms with Crippen LogP contribution in [0.1, 0.15) is 11.1 Å². The summed E-state index contributed by atoms with van der Waals surface area (Å²) in [6, 6.07) is 19.3. The molecule has 3 aromatic rings. The number of nitrogens with zero attached hydrogens (tertiary/aromatic N) is 2. The van der Waals surface area contributed by atoms with Gasteiger partial charge in [-0.05, 0) is 37.6 Å². The van der Waals surface area contributed by atoms with Crippen molar-refractivity contribution in [1.29, 1.82) is 0 Å². The Morgan fingerprint density at radius 1 is 0.929 bits per heavy atom. The summed E-state index contributed by atoms with van der Waals surface area (Å²) in [6.07, 6.45) is 0. The number of aryl methyl sites for hydroxylation is 2. The lowest BCUT2D eigenvalue weighted by atomic mass is 10.1. The zero-order valence-electron chi connectivity index (χ0n) is 16.0. The number of carbonyl (C=O) groups excluding carboxylic acids is 1. The Labute approximate surface area is 164 Å². The third-order valence-corrected chi connectivity index (χ3v) is 4.02. The highest BCUT2D eigenvalue weighted by molar-refractivity contribution is 5.77. The molecular formula is C22H23N3O3. The number of hydrogen-bond acceptors (Lipinski definition) is 5. The van der Waals surface area contributed by atoms with E-state index in [2.05, 4.69) is 15.5 Å². The number of carbonyl (C=O) groups is 1. The molecule has 0 fully saturated rings. The lowest BCUT2D eigenvalue weighted by Gasteiger charge is -2.09. The molecule has 0 radical (unpaired) electrons. The molecule has 0 atom stereocenters. The first kappa shape index (κ1) is 19.4. The van der Waals surface area contributed by atoms with Crippen molar-refractivity contribution in [2.24, 2.45) is 0 Å². The first-order chi connectivity index (χ1) is 13.6. The largest absolute Gasteiger partial charge is 0.484 e. The molecule has 3 rings (SSSR count). The van der Waals surface area contributed by atoms with Crippen LogP contribution in [0.4, 0.5) is 0 Å². The minimum absolute atomic E-state index is 0.0332. The van der Waals surface area contributed by atoms with Crippen molar-refractivity contribution in [2.75, 3.05) is 19.8 Å². The normalized spacial score (nSPS) is 10.4. The van der Waals surface area contributed by atoms with Crippen molar-refractivity contribution in [3.8, 4) is 22.9 Å². The minimum atomic E-state index is -0.203. The van der Waals surface area contributed by atoms with Gasteiger partial charge in [-0.3, -0.25) is 4.79 Å². The van der Waals surface area contributed by atoms with Crippen LogP contribution in [-0.4, -0.2) is 35.9 Å². The maximum atomic E-state index is 11.8. The lowest BCUT2D eigenvalue weighted by Crippen LogP contribution is -2.32. The zero-order valence-corrected chi connectivity index (χ0v) is 16.0. The number of aromatic nitrogens is 2. The average molecular weight is 377 g/mol. The molecule has 0 unspecified atom stereocenters. The quantitative estimate of drug-likeness (QED) is 0.610. The van der Waals surface area contributed by atoms with E-state index in [1.165, 1.54) is 5.56 Å². The highest BCUT2D eigenvalue weighted by Crippen LogP contribution is 2.18. The molecule has 1 heterocycles. The predicted molar refractivity (Wildman–Crippen MR) is 107 cm³/mol. The van der Waals surface area contributed by atoms with E-state index in [-0.39, 0.29) is 12.5 Å². The summed E-state index contributed by atoms with van der Waals surface area (Å²) in [5, 5.41) is 11.0. The molecule has 0 saturated carbocycles. The Hall–Kier alpha value is -3.41. The molecule has 2 aromatic carbocycles. The summed E-state index contributed by atoms with van der Waals surface area (Å²) in [5.41, 5.74) is 4.07. The molecule has 0 aliphatic heterocycles. The SMILES string of the molecule is Cc1ccc(-c2ccc(OCCNC(=O)COc3cccc(C)c3)nn2)cc1. The fourth-order valence-electron chi connectivity index (χ4n) is 2.53. The smallest absolute Gasteiger partial charge is 0.258 e. The Kier molecular flexibility index (Phi) is 6.57. The minimum Gasteiger partial charge on any atom is -0.484 e. The van der Waals surface area contributed by atoms with Gasteiger partial charge in [-0.2, -0.15) is 0 Å². The van der Waals surface area contributed by atoms with Crippen LogP contribution in [0.3, 0.4) is 0 Å². The number of rotatable bonds is 8. The third kappa shape index (κ3) is 5.81. The number of amides is 1. The molecule has 0 aliphatic rings. The summed E-state index contributed by atoms with van der Waals surface area (Å²) in [5.74, 6) is 0.891. The summed E-state index contributed by atoms with van der Waals surface area (Å²) >= 11 is 0. The Bertz CT molecular complexity index is 909. The topological polar surface area (TPSA) is 73.3 Å². The van der Waals surface area contributed by atoms with Crippen LogP contribution < -0.4 is 14.8 Å². The van der Waals surface area contributed by atoms with Crippen LogP contribution in [0.2, 0.25) is 0 Å². The summed E-state index contributed by atoms with van der Waals surface area (Å²) in [4.78, 5) is 11.8. The zero-order chi connectivity index (χ0) is 19.8. The van der Waals surface area contributed by atoms with Crippen molar-refractivity contribution in [2.45, 2.75) is 13.8 Å². The molecule has 0 aliphatic carbocycles. The molecule has 6 nitrogen and oxygen atoms in total. The van der Waals surface area contributed by atoms with Crippen molar-refractivity contribution in [3.63, 3.8) is 0 Å². The monoisotopic (exact) mass is 377 g/mol. The molecule has 1 N–H and O–H groups in total. The highest BCUT2D eigenvalue weighted by Gasteiger charge is 2.04. The van der Waals surface area contributed by atoms with Crippen LogP contribution in [0.15, 0.2) is 60.7 Å². The van der Waals surface area contributed by atoms with E-state index in [1.807, 2.05) is 68.4 Å². The average Bonchev–Trinajstić information content (AvgIpc) is 2.71. The highest BCUT2D eigenvalue weighted by atomic mass is 16.5. The molecule has 1 aromatic heterocycles. The molecule has 144 valence electrons. The van der Waals surface area contributed by atoms with Gasteiger partial charge in [0.1, 0.15) is 12.4 Å². The van der Waals surface area contributed by atoms with E-state index in [0.29, 0.717) is 24.8 Å². The fraction of sp³-hybridized carbons (Fsp3) is 0.227. The molecule has 0 spiro atoms. The van der Waals surface area contributed by atoms with Gasteiger partial charge in [-0.25, -0.2) is 0 Å². The second-order valence-electron chi connectivity index (χ2n) is 6.43. The van der Waals surface area contributed by atoms with Gasteiger partial charge in [-0.15, -0.1) is 10.2 Å². The Morgan fingerprint density at radius 3 is 2.46 bits per heavy atom. The van der Waals surface area contributed by atoms with E-state index in [1.54, 1.807) is 6.07 Å². The Morgan fingerprint density at radius 2 is 1.75 bits per heavy atom. The summed E-state index contributed by atoms with van der Waals surface area (Å²) < 4.78 is 11.0. The standard InChI is InChI=1S/C22H23N3O3/c1-16-6-8-18(9-7-16)20-10-11-22(25-24-20)27-13-12-23-21(26)15-28-19-5-3-4-17(2)14-19/h3-11,14H,12-13,15H2,1-2H3,(H,23,26). The lowest BCUT2D eigenvalue weighted by molar-refractivity contribution is -0.123. The maximum Gasteiger partial charge on any atom is 0.258 e. The third-order valence-electron chi connectivity index (χ3n) is 4.02. The van der Waals surface area contributed by atoms with Gasteiger partial charge < -0.3 is 14.8 Å². The van der Waals surface area contributed by atoms with Gasteiger partial charge in [0.2, 0.25) is 5.88 Å². The van der Waals surface area contributed by atoms with Crippen LogP contribution in [0.5, 0.6) is 11.6 Å². The second kappa shape index (κ2) is 9.50. The maximum absolute atomic E-state index is 11.8. The van der Waals surface area contributed by atoms with E-state index in [0.717, 1.165) is 16.8 Å². The second-order valence-corrected chi connectivity index (χ2v) is 6.43. The van der Waals surface area contributed by atoms with E-state index < -0.39 is 0 Å². The van der Waals surface area contributed by atoms with Crippen LogP contribution in [-0.2, 0) is 4.79 Å². The first-order valence-electron chi connectivity index (χ1n) is 9.10. The van der Waals surface area contributed by atoms with Crippen molar-refractivity contribution in [3.05, 3.63) is 71.8 Å². The van der Waals surface area contributed by atoms with Gasteiger partial charge >= 0.3 is 0 Å². The van der Waals surface area contributed by atoms with E-state index >= 15 is 0 Å². The van der Waals surface area contributed by atoms with Gasteiger partial charge in [0.05, 0.1) is 12.2 Å². The molecule has 6 heteroatoms. The van der Waals surface area contributed by atoms with Crippen molar-refractivity contribution < 1.29 is 14.3 Å². The van der Waals surface area contributed by atoms with Gasteiger partial charge in [0.15, 0.2) is 6.61 Å². The van der Waals surface area contributed by atoms with Crippen LogP contribution in [0.25, 0.3) is 11.3 Å². The fourth-order valence-corrected chi connectivity index (χ4v) is 2.53. The summed E-state index contributed by atoms with van der Waals surface area (Å²) in [7, 11) is 0. The number of ether oxygens (including phenoxy) is 2. The van der Waals surface area contributed by atoms with Crippen LogP contribution >= 0.6 is 0 Å². The van der Waals surface area contributed by atoms with Crippen molar-refractivity contribution >= 4 is 5.91 Å². The van der Waals surface area contributed by atoms with Crippen molar-refractivity contribution in [1.82, 2.24) is 15.5 Å². The van der Waals surface area contributed by atoms with Gasteiger partial charge in [-0.1, -0.05) is 42.0 Å². The molecule has 28 heavy (non-hydrogen) atoms. The predicted octanol–water partition coefficient (Wildman–Crippen LogP) is 3.33. The van der Waals surface area contributed by atoms with Gasteiger partial charge in [0.25, 0.3) is 5.91 Å². The first-order valence-corrected chi connectivity index (χ1v) is 9.10. The molecule has 0 bridgehead atoms. The molecular weight excluding hydrogens is 354 g/mol. The van der Waals surface area contributed by atoms with E-state index in [9.17, 15) is 4.79 Å². The number of hydrogen-bond donors (Lipinski definition) is 1. The molecule has 0 saturated heterocycles. The molecule has 1 amide bonds. The Balaban J connectivity index is 1.37. The van der Waals surface area contributed by atoms with Crippen LogP contribution in [0, 0.1) is 13.8 Å². The number of benzene rings is 2. The van der Waals surface area contributed by atoms with Gasteiger partial charge in [0, 0.05) is 11.6 Å².